The molecule has 6 heteroatoms. The number of nitrogens with zero attached hydrogens (tertiary/aromatic N) is 4. The van der Waals surface area contributed by atoms with Gasteiger partial charge in [0, 0.05) is 51.9 Å². The van der Waals surface area contributed by atoms with Crippen LogP contribution in [0.3, 0.4) is 0 Å². The van der Waals surface area contributed by atoms with E-state index in [2.05, 4.69) is 27.1 Å². The molecule has 0 spiro atoms. The first-order valence-corrected chi connectivity index (χ1v) is 7.68. The summed E-state index contributed by atoms with van der Waals surface area (Å²) < 4.78 is 1.99. The molecule has 0 aromatic carbocycles. The molecule has 1 aliphatic rings. The van der Waals surface area contributed by atoms with Crippen LogP contribution in [0.4, 0.5) is 5.82 Å². The maximum atomic E-state index is 9.94. The molecule has 120 valence electrons. The van der Waals surface area contributed by atoms with Crippen molar-refractivity contribution in [1.82, 2.24) is 20.0 Å². The van der Waals surface area contributed by atoms with E-state index >= 15 is 0 Å². The van der Waals surface area contributed by atoms with Gasteiger partial charge in [0.1, 0.15) is 5.82 Å². The van der Waals surface area contributed by atoms with E-state index in [1.807, 2.05) is 32.6 Å². The van der Waals surface area contributed by atoms with Crippen LogP contribution < -0.4 is 10.2 Å². The number of aromatic nitrogens is 2. The highest BCUT2D eigenvalue weighted by Crippen LogP contribution is 2.24. The van der Waals surface area contributed by atoms with Crippen molar-refractivity contribution in [3.63, 3.8) is 0 Å². The van der Waals surface area contributed by atoms with Crippen molar-refractivity contribution < 1.29 is 5.11 Å². The van der Waals surface area contributed by atoms with E-state index in [1.54, 1.807) is 0 Å². The van der Waals surface area contributed by atoms with E-state index in [0.29, 0.717) is 0 Å². The second-order valence-electron chi connectivity index (χ2n) is 6.62. The van der Waals surface area contributed by atoms with Crippen LogP contribution in [-0.2, 0) is 13.6 Å². The topological polar surface area (TPSA) is 56.6 Å². The molecule has 2 rings (SSSR count). The largest absolute Gasteiger partial charge is 0.389 e. The van der Waals surface area contributed by atoms with Crippen molar-refractivity contribution >= 4 is 5.82 Å². The fraction of sp³-hybridized carbons (Fsp3) is 0.800. The predicted molar refractivity (Wildman–Crippen MR) is 85.7 cm³/mol. The first-order valence-electron chi connectivity index (χ1n) is 7.68. The Morgan fingerprint density at radius 1 is 1.24 bits per heavy atom. The molecule has 1 aromatic heterocycles. The van der Waals surface area contributed by atoms with Crippen LogP contribution in [0.25, 0.3) is 0 Å². The minimum Gasteiger partial charge on any atom is -0.389 e. The number of hydrogen-bond acceptors (Lipinski definition) is 5. The van der Waals surface area contributed by atoms with Gasteiger partial charge in [0.15, 0.2) is 0 Å². The zero-order chi connectivity index (χ0) is 15.6. The van der Waals surface area contributed by atoms with Gasteiger partial charge in [0.05, 0.1) is 11.3 Å². The van der Waals surface area contributed by atoms with Gasteiger partial charge in [-0.2, -0.15) is 5.10 Å². The van der Waals surface area contributed by atoms with Crippen molar-refractivity contribution in [2.75, 3.05) is 44.7 Å². The number of aliphatic hydroxyl groups is 1. The van der Waals surface area contributed by atoms with E-state index in [9.17, 15) is 5.11 Å². The third-order valence-corrected chi connectivity index (χ3v) is 3.95. The molecule has 0 bridgehead atoms. The minimum atomic E-state index is -0.622. The predicted octanol–water partition coefficient (Wildman–Crippen LogP) is 0.341. The highest BCUT2D eigenvalue weighted by molar-refractivity contribution is 5.50. The minimum absolute atomic E-state index is 0.622. The maximum Gasteiger partial charge on any atom is 0.131 e. The van der Waals surface area contributed by atoms with Gasteiger partial charge in [-0.1, -0.05) is 0 Å². The number of aryl methyl sites for hydroxylation is 2. The van der Waals surface area contributed by atoms with Gasteiger partial charge in [0.2, 0.25) is 0 Å². The van der Waals surface area contributed by atoms with Crippen molar-refractivity contribution in [3.05, 3.63) is 11.3 Å². The SMILES string of the molecule is CNCc1c(C)nn(C)c1N1CCN(CC(C)(C)O)CC1. The average molecular weight is 295 g/mol. The van der Waals surface area contributed by atoms with Crippen LogP contribution in [0.1, 0.15) is 25.1 Å². The van der Waals surface area contributed by atoms with Gasteiger partial charge < -0.3 is 15.3 Å². The molecule has 0 amide bonds. The molecule has 1 aliphatic heterocycles. The zero-order valence-electron chi connectivity index (χ0n) is 14.0. The number of piperazine rings is 1. The Hall–Kier alpha value is -1.11. The van der Waals surface area contributed by atoms with Crippen molar-refractivity contribution in [2.45, 2.75) is 32.9 Å². The summed E-state index contributed by atoms with van der Waals surface area (Å²) in [5.41, 5.74) is 1.76. The van der Waals surface area contributed by atoms with Crippen molar-refractivity contribution in [3.8, 4) is 0 Å². The fourth-order valence-electron chi connectivity index (χ4n) is 3.13. The third-order valence-electron chi connectivity index (χ3n) is 3.95. The van der Waals surface area contributed by atoms with Gasteiger partial charge in [-0.25, -0.2) is 0 Å². The molecular weight excluding hydrogens is 266 g/mol. The molecule has 2 heterocycles. The Kier molecular flexibility index (Phi) is 4.91. The summed E-state index contributed by atoms with van der Waals surface area (Å²) in [6.45, 7) is 11.3. The molecule has 0 unspecified atom stereocenters. The number of hydrogen-bond donors (Lipinski definition) is 2. The van der Waals surface area contributed by atoms with Crippen LogP contribution in [0.15, 0.2) is 0 Å². The second-order valence-corrected chi connectivity index (χ2v) is 6.62. The zero-order valence-corrected chi connectivity index (χ0v) is 14.0. The van der Waals surface area contributed by atoms with E-state index in [0.717, 1.165) is 45.0 Å². The van der Waals surface area contributed by atoms with Crippen LogP contribution in [-0.4, -0.2) is 65.2 Å². The van der Waals surface area contributed by atoms with Crippen LogP contribution in [0.2, 0.25) is 0 Å². The first-order chi connectivity index (χ1) is 9.81. The highest BCUT2D eigenvalue weighted by Gasteiger charge is 2.26. The van der Waals surface area contributed by atoms with Crippen LogP contribution >= 0.6 is 0 Å². The summed E-state index contributed by atoms with van der Waals surface area (Å²) in [6, 6.07) is 0. The number of nitrogens with one attached hydrogen (secondary N) is 1. The normalized spacial score (nSPS) is 17.5. The molecular formula is C15H29N5O. The Labute approximate surface area is 127 Å². The van der Waals surface area contributed by atoms with Gasteiger partial charge in [-0.15, -0.1) is 0 Å². The average Bonchev–Trinajstić information content (AvgIpc) is 2.64. The molecule has 2 N–H and O–H groups in total. The lowest BCUT2D eigenvalue weighted by Crippen LogP contribution is -2.51. The van der Waals surface area contributed by atoms with Crippen molar-refractivity contribution in [1.29, 1.82) is 0 Å². The summed E-state index contributed by atoms with van der Waals surface area (Å²) in [4.78, 5) is 4.74. The standard InChI is InChI=1S/C15H29N5O/c1-12-13(10-16-4)14(18(5)17-12)20-8-6-19(7-9-20)11-15(2,3)21/h16,21H,6-11H2,1-5H3. The summed E-state index contributed by atoms with van der Waals surface area (Å²) in [5.74, 6) is 1.23. The summed E-state index contributed by atoms with van der Waals surface area (Å²) in [5, 5.41) is 17.7. The lowest BCUT2D eigenvalue weighted by Gasteiger charge is -2.38. The summed E-state index contributed by atoms with van der Waals surface area (Å²) in [6.07, 6.45) is 0. The van der Waals surface area contributed by atoms with Gasteiger partial charge in [-0.3, -0.25) is 9.58 Å². The lowest BCUT2D eigenvalue weighted by molar-refractivity contribution is 0.0344. The van der Waals surface area contributed by atoms with Gasteiger partial charge in [-0.05, 0) is 27.8 Å². The lowest BCUT2D eigenvalue weighted by atomic mass is 10.1. The Morgan fingerprint density at radius 2 is 1.86 bits per heavy atom. The van der Waals surface area contributed by atoms with E-state index < -0.39 is 5.60 Å². The quantitative estimate of drug-likeness (QED) is 0.820. The first kappa shape index (κ1) is 16.3. The van der Waals surface area contributed by atoms with Gasteiger partial charge in [0.25, 0.3) is 0 Å². The van der Waals surface area contributed by atoms with Gasteiger partial charge >= 0.3 is 0 Å². The number of rotatable bonds is 5. The van der Waals surface area contributed by atoms with E-state index in [-0.39, 0.29) is 0 Å². The van der Waals surface area contributed by atoms with Crippen LogP contribution in [0, 0.1) is 6.92 Å². The third kappa shape index (κ3) is 3.96. The Morgan fingerprint density at radius 3 is 2.38 bits per heavy atom. The fourth-order valence-corrected chi connectivity index (χ4v) is 3.13. The Balaban J connectivity index is 2.05. The second kappa shape index (κ2) is 6.34. The smallest absolute Gasteiger partial charge is 0.131 e. The number of β-amino-alcohol motifs (C(OH)–C–C–N with tert-alkyl or cyclic N) is 1. The summed E-state index contributed by atoms with van der Waals surface area (Å²) in [7, 11) is 3.99. The molecule has 6 nitrogen and oxygen atoms in total. The van der Waals surface area contributed by atoms with E-state index in [1.165, 1.54) is 11.4 Å². The molecule has 0 radical (unpaired) electrons. The van der Waals surface area contributed by atoms with E-state index in [4.69, 9.17) is 0 Å². The molecule has 1 fully saturated rings. The van der Waals surface area contributed by atoms with Crippen molar-refractivity contribution in [2.24, 2.45) is 7.05 Å². The molecule has 0 atom stereocenters. The molecule has 1 aromatic rings. The molecule has 0 saturated carbocycles. The number of anilines is 1. The molecule has 21 heavy (non-hydrogen) atoms. The highest BCUT2D eigenvalue weighted by atomic mass is 16.3. The molecule has 1 saturated heterocycles. The maximum absolute atomic E-state index is 9.94. The molecule has 0 aliphatic carbocycles. The Bertz CT molecular complexity index is 469. The monoisotopic (exact) mass is 295 g/mol. The van der Waals surface area contributed by atoms with Crippen LogP contribution in [0.5, 0.6) is 0 Å². The summed E-state index contributed by atoms with van der Waals surface area (Å²) >= 11 is 0.